The highest BCUT2D eigenvalue weighted by Gasteiger charge is 2.30. The van der Waals surface area contributed by atoms with Gasteiger partial charge in [-0.1, -0.05) is 42.8 Å². The summed E-state index contributed by atoms with van der Waals surface area (Å²) in [5, 5.41) is 0.608. The van der Waals surface area contributed by atoms with Gasteiger partial charge in [0.15, 0.2) is 0 Å². The van der Waals surface area contributed by atoms with E-state index in [0.29, 0.717) is 30.2 Å². The number of nitrogens with zero attached hydrogens (tertiary/aromatic N) is 2. The lowest BCUT2D eigenvalue weighted by molar-refractivity contribution is -0.136. The predicted octanol–water partition coefficient (Wildman–Crippen LogP) is 4.41. The molecule has 2 aromatic rings. The van der Waals surface area contributed by atoms with Crippen LogP contribution in [0.4, 0.5) is 0 Å². The van der Waals surface area contributed by atoms with Crippen molar-refractivity contribution in [3.63, 3.8) is 0 Å². The van der Waals surface area contributed by atoms with Crippen LogP contribution in [0.1, 0.15) is 41.3 Å². The maximum absolute atomic E-state index is 12.9. The molecule has 1 aliphatic heterocycles. The zero-order valence-corrected chi connectivity index (χ0v) is 17.3. The summed E-state index contributed by atoms with van der Waals surface area (Å²) in [7, 11) is 1.84. The first-order valence-corrected chi connectivity index (χ1v) is 10.2. The minimum atomic E-state index is -0.148. The second kappa shape index (κ2) is 9.24. The average Bonchev–Trinajstić information content (AvgIpc) is 2.74. The van der Waals surface area contributed by atoms with Crippen LogP contribution in [0.5, 0.6) is 0 Å². The number of halogens is 1. The number of hydrogen-bond acceptors (Lipinski definition) is 2. The summed E-state index contributed by atoms with van der Waals surface area (Å²) in [6.45, 7) is 3.88. The fourth-order valence-electron chi connectivity index (χ4n) is 3.68. The predicted molar refractivity (Wildman–Crippen MR) is 112 cm³/mol. The zero-order valence-electron chi connectivity index (χ0n) is 16.5. The van der Waals surface area contributed by atoms with Gasteiger partial charge in [-0.15, -0.1) is 0 Å². The van der Waals surface area contributed by atoms with Gasteiger partial charge in [0.05, 0.1) is 5.92 Å². The fraction of sp³-hybridized carbons (Fsp3) is 0.391. The van der Waals surface area contributed by atoms with E-state index in [9.17, 15) is 9.59 Å². The molecule has 1 fully saturated rings. The van der Waals surface area contributed by atoms with Gasteiger partial charge in [-0.2, -0.15) is 0 Å². The van der Waals surface area contributed by atoms with E-state index in [1.54, 1.807) is 34.1 Å². The molecule has 148 valence electrons. The lowest BCUT2D eigenvalue weighted by atomic mass is 9.95. The van der Waals surface area contributed by atoms with Crippen molar-refractivity contribution < 1.29 is 9.59 Å². The number of piperidine rings is 1. The Kier molecular flexibility index (Phi) is 6.74. The molecule has 0 aliphatic carbocycles. The summed E-state index contributed by atoms with van der Waals surface area (Å²) in [5.41, 5.74) is 3.03. The van der Waals surface area contributed by atoms with E-state index in [1.807, 2.05) is 7.05 Å². The van der Waals surface area contributed by atoms with Crippen molar-refractivity contribution in [3.05, 3.63) is 70.2 Å². The van der Waals surface area contributed by atoms with Crippen molar-refractivity contribution in [1.29, 1.82) is 0 Å². The summed E-state index contributed by atoms with van der Waals surface area (Å²) in [4.78, 5) is 29.3. The molecule has 1 aliphatic rings. The van der Waals surface area contributed by atoms with Crippen LogP contribution in [0.25, 0.3) is 0 Å². The number of rotatable bonds is 5. The van der Waals surface area contributed by atoms with Crippen LogP contribution in [0, 0.1) is 5.92 Å². The van der Waals surface area contributed by atoms with Gasteiger partial charge in [-0.05, 0) is 54.7 Å². The van der Waals surface area contributed by atoms with Crippen LogP contribution in [-0.2, 0) is 17.8 Å². The van der Waals surface area contributed by atoms with Gasteiger partial charge < -0.3 is 9.80 Å². The Bertz CT molecular complexity index is 818. The molecule has 3 rings (SSSR count). The Balaban J connectivity index is 1.61. The normalized spacial score (nSPS) is 16.7. The molecular formula is C23H27ClN2O2. The van der Waals surface area contributed by atoms with E-state index in [-0.39, 0.29) is 17.7 Å². The van der Waals surface area contributed by atoms with Gasteiger partial charge in [0.2, 0.25) is 5.91 Å². The number of amides is 2. The molecule has 0 spiro atoms. The fourth-order valence-corrected chi connectivity index (χ4v) is 3.81. The quantitative estimate of drug-likeness (QED) is 0.748. The van der Waals surface area contributed by atoms with Crippen molar-refractivity contribution in [2.45, 2.75) is 32.7 Å². The molecule has 2 aromatic carbocycles. The number of carbonyl (C=O) groups excluding carboxylic acids is 2. The molecule has 0 radical (unpaired) electrons. The van der Waals surface area contributed by atoms with Crippen molar-refractivity contribution in [2.75, 3.05) is 20.1 Å². The van der Waals surface area contributed by atoms with E-state index in [0.717, 1.165) is 24.8 Å². The Morgan fingerprint density at radius 2 is 1.71 bits per heavy atom. The van der Waals surface area contributed by atoms with Gasteiger partial charge in [0.1, 0.15) is 0 Å². The van der Waals surface area contributed by atoms with Crippen molar-refractivity contribution >= 4 is 23.4 Å². The monoisotopic (exact) mass is 398 g/mol. The van der Waals surface area contributed by atoms with Gasteiger partial charge in [-0.25, -0.2) is 0 Å². The molecule has 1 atom stereocenters. The molecule has 28 heavy (non-hydrogen) atoms. The average molecular weight is 399 g/mol. The Morgan fingerprint density at radius 1 is 1.07 bits per heavy atom. The molecule has 4 nitrogen and oxygen atoms in total. The number of carbonyl (C=O) groups is 2. The molecule has 0 aromatic heterocycles. The minimum Gasteiger partial charge on any atom is -0.341 e. The molecule has 0 saturated carbocycles. The highest BCUT2D eigenvalue weighted by molar-refractivity contribution is 6.30. The zero-order chi connectivity index (χ0) is 20.1. The van der Waals surface area contributed by atoms with E-state index in [2.05, 4.69) is 31.2 Å². The highest BCUT2D eigenvalue weighted by atomic mass is 35.5. The standard InChI is InChI=1S/C23H27ClN2O2/c1-3-17-6-8-18(9-7-17)15-25(2)22(27)20-5-4-14-26(16-20)23(28)19-10-12-21(24)13-11-19/h6-13,20H,3-5,14-16H2,1-2H3. The van der Waals surface area contributed by atoms with Crippen molar-refractivity contribution in [3.8, 4) is 0 Å². The molecule has 1 heterocycles. The lowest BCUT2D eigenvalue weighted by Gasteiger charge is -2.34. The van der Waals surface area contributed by atoms with Crippen LogP contribution in [0.15, 0.2) is 48.5 Å². The first-order chi connectivity index (χ1) is 13.5. The molecule has 5 heteroatoms. The van der Waals surface area contributed by atoms with Gasteiger partial charge in [0, 0.05) is 37.3 Å². The van der Waals surface area contributed by atoms with E-state index >= 15 is 0 Å². The van der Waals surface area contributed by atoms with Crippen LogP contribution < -0.4 is 0 Å². The first kappa shape index (κ1) is 20.4. The summed E-state index contributed by atoms with van der Waals surface area (Å²) < 4.78 is 0. The Labute approximate surface area is 172 Å². The summed E-state index contributed by atoms with van der Waals surface area (Å²) in [6, 6.07) is 15.3. The van der Waals surface area contributed by atoms with Crippen LogP contribution in [0.3, 0.4) is 0 Å². The van der Waals surface area contributed by atoms with E-state index in [1.165, 1.54) is 5.56 Å². The lowest BCUT2D eigenvalue weighted by Crippen LogP contribution is -2.45. The SMILES string of the molecule is CCc1ccc(CN(C)C(=O)C2CCCN(C(=O)c3ccc(Cl)cc3)C2)cc1. The molecule has 0 bridgehead atoms. The molecule has 2 amide bonds. The van der Waals surface area contributed by atoms with Gasteiger partial charge in [-0.3, -0.25) is 9.59 Å². The van der Waals surface area contributed by atoms with Crippen LogP contribution >= 0.6 is 11.6 Å². The number of aryl methyl sites for hydroxylation is 1. The largest absolute Gasteiger partial charge is 0.341 e. The second-order valence-corrected chi connectivity index (χ2v) is 7.90. The minimum absolute atomic E-state index is 0.0352. The van der Waals surface area contributed by atoms with Crippen molar-refractivity contribution in [1.82, 2.24) is 9.80 Å². The Morgan fingerprint density at radius 3 is 2.36 bits per heavy atom. The summed E-state index contributed by atoms with van der Waals surface area (Å²) in [6.07, 6.45) is 2.67. The van der Waals surface area contributed by atoms with Gasteiger partial charge >= 0.3 is 0 Å². The van der Waals surface area contributed by atoms with Crippen LogP contribution in [-0.4, -0.2) is 41.8 Å². The van der Waals surface area contributed by atoms with E-state index in [4.69, 9.17) is 11.6 Å². The number of benzene rings is 2. The maximum Gasteiger partial charge on any atom is 0.253 e. The van der Waals surface area contributed by atoms with Crippen molar-refractivity contribution in [2.24, 2.45) is 5.92 Å². The molecule has 0 N–H and O–H groups in total. The van der Waals surface area contributed by atoms with E-state index < -0.39 is 0 Å². The first-order valence-electron chi connectivity index (χ1n) is 9.85. The van der Waals surface area contributed by atoms with Crippen LogP contribution in [0.2, 0.25) is 5.02 Å². The summed E-state index contributed by atoms with van der Waals surface area (Å²) in [5.74, 6) is -0.0786. The Hall–Kier alpha value is -2.33. The maximum atomic E-state index is 12.9. The molecule has 1 saturated heterocycles. The third kappa shape index (κ3) is 4.93. The summed E-state index contributed by atoms with van der Waals surface area (Å²) >= 11 is 5.91. The third-order valence-electron chi connectivity index (χ3n) is 5.38. The highest BCUT2D eigenvalue weighted by Crippen LogP contribution is 2.22. The van der Waals surface area contributed by atoms with Gasteiger partial charge in [0.25, 0.3) is 5.91 Å². The third-order valence-corrected chi connectivity index (χ3v) is 5.63. The number of likely N-dealkylation sites (tertiary alicyclic amines) is 1. The number of hydrogen-bond donors (Lipinski definition) is 0. The topological polar surface area (TPSA) is 40.6 Å². The molecule has 1 unspecified atom stereocenters. The molecular weight excluding hydrogens is 372 g/mol. The smallest absolute Gasteiger partial charge is 0.253 e. The second-order valence-electron chi connectivity index (χ2n) is 7.46.